The summed E-state index contributed by atoms with van der Waals surface area (Å²) in [5.41, 5.74) is 2.68. The minimum absolute atomic E-state index is 0.401. The summed E-state index contributed by atoms with van der Waals surface area (Å²) in [4.78, 5) is 2.37. The molecule has 0 unspecified atom stereocenters. The molecule has 0 amide bonds. The molecule has 1 aromatic carbocycles. The van der Waals surface area contributed by atoms with E-state index in [1.54, 1.807) is 0 Å². The van der Waals surface area contributed by atoms with E-state index in [4.69, 9.17) is 4.74 Å². The number of nitrogens with zero attached hydrogens (tertiary/aromatic N) is 1. The van der Waals surface area contributed by atoms with E-state index in [2.05, 4.69) is 35.5 Å². The molecular weight excluding hydrogens is 212 g/mol. The zero-order valence-electron chi connectivity index (χ0n) is 10.4. The van der Waals surface area contributed by atoms with Gasteiger partial charge in [-0.05, 0) is 50.1 Å². The molecule has 0 aromatic heterocycles. The van der Waals surface area contributed by atoms with Gasteiger partial charge in [0.15, 0.2) is 0 Å². The second kappa shape index (κ2) is 4.57. The Bertz CT molecular complexity index is 397. The fourth-order valence-corrected chi connectivity index (χ4v) is 2.65. The van der Waals surface area contributed by atoms with Crippen molar-refractivity contribution in [3.8, 4) is 5.75 Å². The highest BCUT2D eigenvalue weighted by molar-refractivity contribution is 5.57. The number of ether oxygens (including phenoxy) is 1. The maximum absolute atomic E-state index is 6.07. The number of anilines is 1. The highest BCUT2D eigenvalue weighted by Crippen LogP contribution is 2.28. The largest absolute Gasteiger partial charge is 0.490 e. The Kier molecular flexibility index (Phi) is 2.93. The van der Waals surface area contributed by atoms with Crippen molar-refractivity contribution in [1.29, 1.82) is 0 Å². The Morgan fingerprint density at radius 3 is 2.94 bits per heavy atom. The topological polar surface area (TPSA) is 24.5 Å². The van der Waals surface area contributed by atoms with Crippen molar-refractivity contribution in [2.45, 2.75) is 25.4 Å². The van der Waals surface area contributed by atoms with Crippen LogP contribution in [0.2, 0.25) is 0 Å². The average Bonchev–Trinajstić information content (AvgIpc) is 2.79. The normalized spacial score (nSPS) is 21.0. The third-order valence-electron chi connectivity index (χ3n) is 3.75. The highest BCUT2D eigenvalue weighted by atomic mass is 16.5. The van der Waals surface area contributed by atoms with Gasteiger partial charge in [-0.1, -0.05) is 0 Å². The second-order valence-electron chi connectivity index (χ2n) is 5.12. The Labute approximate surface area is 103 Å². The molecule has 3 nitrogen and oxygen atoms in total. The van der Waals surface area contributed by atoms with Gasteiger partial charge in [-0.25, -0.2) is 0 Å². The first-order chi connectivity index (χ1) is 8.31. The van der Waals surface area contributed by atoms with Crippen LogP contribution in [0.25, 0.3) is 0 Å². The zero-order valence-corrected chi connectivity index (χ0v) is 10.4. The molecule has 1 fully saturated rings. The fraction of sp³-hybridized carbons (Fsp3) is 0.571. The van der Waals surface area contributed by atoms with E-state index in [9.17, 15) is 0 Å². The maximum Gasteiger partial charge on any atom is 0.120 e. The summed E-state index contributed by atoms with van der Waals surface area (Å²) in [6, 6.07) is 6.44. The number of hydrogen-bond acceptors (Lipinski definition) is 3. The lowest BCUT2D eigenvalue weighted by Gasteiger charge is -2.29. The lowest BCUT2D eigenvalue weighted by Crippen LogP contribution is -2.35. The van der Waals surface area contributed by atoms with Crippen molar-refractivity contribution in [3.63, 3.8) is 0 Å². The summed E-state index contributed by atoms with van der Waals surface area (Å²) < 4.78 is 6.07. The molecule has 0 spiro atoms. The minimum atomic E-state index is 0.401. The Balaban J connectivity index is 1.65. The number of rotatable bonds is 2. The van der Waals surface area contributed by atoms with Crippen LogP contribution in [0.1, 0.15) is 18.4 Å². The number of nitrogens with one attached hydrogen (secondary N) is 1. The van der Waals surface area contributed by atoms with Gasteiger partial charge < -0.3 is 15.0 Å². The van der Waals surface area contributed by atoms with Crippen LogP contribution in [0.15, 0.2) is 18.2 Å². The summed E-state index contributed by atoms with van der Waals surface area (Å²) >= 11 is 0. The molecule has 2 heterocycles. The summed E-state index contributed by atoms with van der Waals surface area (Å²) in [6.45, 7) is 3.36. The Morgan fingerprint density at radius 1 is 1.29 bits per heavy atom. The predicted octanol–water partition coefficient (Wildman–Crippen LogP) is 2.13. The van der Waals surface area contributed by atoms with Crippen molar-refractivity contribution >= 4 is 5.69 Å². The molecule has 2 aliphatic heterocycles. The number of hydrogen-bond donors (Lipinski definition) is 1. The van der Waals surface area contributed by atoms with E-state index < -0.39 is 0 Å². The van der Waals surface area contributed by atoms with Gasteiger partial charge in [0.25, 0.3) is 0 Å². The first kappa shape index (κ1) is 10.9. The van der Waals surface area contributed by atoms with Crippen molar-refractivity contribution in [3.05, 3.63) is 23.8 Å². The molecule has 0 aliphatic carbocycles. The minimum Gasteiger partial charge on any atom is -0.490 e. The van der Waals surface area contributed by atoms with E-state index in [0.717, 1.165) is 44.6 Å². The molecule has 1 N–H and O–H groups in total. The Morgan fingerprint density at radius 2 is 2.12 bits per heavy atom. The van der Waals surface area contributed by atoms with Crippen LogP contribution in [-0.2, 0) is 6.42 Å². The molecule has 0 bridgehead atoms. The zero-order chi connectivity index (χ0) is 11.7. The van der Waals surface area contributed by atoms with E-state index >= 15 is 0 Å². The van der Waals surface area contributed by atoms with Crippen LogP contribution in [0.5, 0.6) is 5.75 Å². The van der Waals surface area contributed by atoms with Crippen molar-refractivity contribution in [2.75, 3.05) is 32.0 Å². The summed E-state index contributed by atoms with van der Waals surface area (Å²) in [5, 5.41) is 3.37. The van der Waals surface area contributed by atoms with Crippen molar-refractivity contribution < 1.29 is 4.74 Å². The van der Waals surface area contributed by atoms with Gasteiger partial charge in [-0.2, -0.15) is 0 Å². The van der Waals surface area contributed by atoms with Gasteiger partial charge >= 0.3 is 0 Å². The molecule has 2 aliphatic rings. The fourth-order valence-electron chi connectivity index (χ4n) is 2.65. The van der Waals surface area contributed by atoms with Gasteiger partial charge in [0.2, 0.25) is 0 Å². The molecule has 0 radical (unpaired) electrons. The second-order valence-corrected chi connectivity index (χ2v) is 5.12. The van der Waals surface area contributed by atoms with E-state index in [-0.39, 0.29) is 0 Å². The maximum atomic E-state index is 6.07. The van der Waals surface area contributed by atoms with Crippen LogP contribution in [0.4, 0.5) is 5.69 Å². The lowest BCUT2D eigenvalue weighted by molar-refractivity contribution is 0.114. The number of benzene rings is 1. The highest BCUT2D eigenvalue weighted by Gasteiger charge is 2.18. The lowest BCUT2D eigenvalue weighted by atomic mass is 10.1. The van der Waals surface area contributed by atoms with Gasteiger partial charge in [-0.15, -0.1) is 0 Å². The van der Waals surface area contributed by atoms with Crippen LogP contribution >= 0.6 is 0 Å². The first-order valence-corrected chi connectivity index (χ1v) is 6.53. The summed E-state index contributed by atoms with van der Waals surface area (Å²) in [5.74, 6) is 1.04. The van der Waals surface area contributed by atoms with Crippen LogP contribution < -0.4 is 10.1 Å². The van der Waals surface area contributed by atoms with Gasteiger partial charge in [0.1, 0.15) is 11.9 Å². The van der Waals surface area contributed by atoms with Gasteiger partial charge in [-0.3, -0.25) is 0 Å². The molecule has 1 aromatic rings. The van der Waals surface area contributed by atoms with E-state index in [0.29, 0.717) is 6.10 Å². The SMILES string of the molecule is CN1CCC(Oc2ccc3c(c2)CCN3)CC1. The van der Waals surface area contributed by atoms with Crippen molar-refractivity contribution in [1.82, 2.24) is 4.90 Å². The predicted molar refractivity (Wildman–Crippen MR) is 69.8 cm³/mol. The Hall–Kier alpha value is -1.22. The smallest absolute Gasteiger partial charge is 0.120 e. The molecule has 1 saturated heterocycles. The van der Waals surface area contributed by atoms with Gasteiger partial charge in [0, 0.05) is 25.3 Å². The number of fused-ring (bicyclic) bond motifs is 1. The molecule has 0 saturated carbocycles. The third-order valence-corrected chi connectivity index (χ3v) is 3.75. The molecule has 17 heavy (non-hydrogen) atoms. The third kappa shape index (κ3) is 2.39. The van der Waals surface area contributed by atoms with E-state index in [1.807, 2.05) is 0 Å². The van der Waals surface area contributed by atoms with Gasteiger partial charge in [0.05, 0.1) is 0 Å². The average molecular weight is 232 g/mol. The van der Waals surface area contributed by atoms with Crippen LogP contribution in [-0.4, -0.2) is 37.7 Å². The van der Waals surface area contributed by atoms with E-state index in [1.165, 1.54) is 11.3 Å². The molecular formula is C14H20N2O. The first-order valence-electron chi connectivity index (χ1n) is 6.53. The van der Waals surface area contributed by atoms with Crippen LogP contribution in [0, 0.1) is 0 Å². The summed E-state index contributed by atoms with van der Waals surface area (Å²) in [6.07, 6.45) is 3.82. The molecule has 3 rings (SSSR count). The number of piperidine rings is 1. The monoisotopic (exact) mass is 232 g/mol. The van der Waals surface area contributed by atoms with Crippen molar-refractivity contribution in [2.24, 2.45) is 0 Å². The van der Waals surface area contributed by atoms with Crippen LogP contribution in [0.3, 0.4) is 0 Å². The molecule has 92 valence electrons. The molecule has 3 heteroatoms. The number of likely N-dealkylation sites (tertiary alicyclic amines) is 1. The molecule has 0 atom stereocenters. The summed E-state index contributed by atoms with van der Waals surface area (Å²) in [7, 11) is 2.18. The quantitative estimate of drug-likeness (QED) is 0.845. The standard InChI is InChI=1S/C14H20N2O/c1-16-8-5-12(6-9-16)17-13-2-3-14-11(10-13)4-7-15-14/h2-3,10,12,15H,4-9H2,1H3.